The normalized spacial score (nSPS) is 17.7. The first-order valence-electron chi connectivity index (χ1n) is 13.1. The summed E-state index contributed by atoms with van der Waals surface area (Å²) in [5, 5.41) is 15.7. The maximum Gasteiger partial charge on any atom is 0.227 e. The van der Waals surface area contributed by atoms with Crippen molar-refractivity contribution in [3.8, 4) is 5.75 Å². The minimum absolute atomic E-state index is 0.118. The van der Waals surface area contributed by atoms with Gasteiger partial charge in [0.15, 0.2) is 0 Å². The van der Waals surface area contributed by atoms with Gasteiger partial charge < -0.3 is 25.0 Å². The summed E-state index contributed by atoms with van der Waals surface area (Å²) in [5.74, 6) is 3.65. The second-order valence-electron chi connectivity index (χ2n) is 10.9. The van der Waals surface area contributed by atoms with Crippen LogP contribution in [0.5, 0.6) is 5.75 Å². The number of piperidine rings is 1. The number of likely N-dealkylation sites (tertiary alicyclic amines) is 1. The van der Waals surface area contributed by atoms with Crippen molar-refractivity contribution in [1.29, 1.82) is 0 Å². The molecule has 0 radical (unpaired) electrons. The zero-order chi connectivity index (χ0) is 26.2. The average Bonchev–Trinajstić information content (AvgIpc) is 2.82. The number of pyridine rings is 1. The number of benzene rings is 1. The van der Waals surface area contributed by atoms with Crippen molar-refractivity contribution in [2.45, 2.75) is 52.1 Å². The molecule has 4 heterocycles. The Morgan fingerprint density at radius 3 is 2.62 bits per heavy atom. The molecule has 2 aromatic heterocycles. The van der Waals surface area contributed by atoms with Gasteiger partial charge in [-0.1, -0.05) is 19.9 Å². The van der Waals surface area contributed by atoms with Crippen LogP contribution in [0.4, 0.5) is 17.6 Å². The van der Waals surface area contributed by atoms with Crippen LogP contribution in [0.15, 0.2) is 36.7 Å². The van der Waals surface area contributed by atoms with Gasteiger partial charge in [-0.2, -0.15) is 4.98 Å². The Labute approximate surface area is 217 Å². The molecule has 3 aromatic rings. The Bertz CT molecular complexity index is 1280. The first-order valence-corrected chi connectivity index (χ1v) is 13.1. The van der Waals surface area contributed by atoms with Crippen LogP contribution in [0.1, 0.15) is 52.0 Å². The molecule has 2 N–H and O–H groups in total. The summed E-state index contributed by atoms with van der Waals surface area (Å²) >= 11 is 0. The summed E-state index contributed by atoms with van der Waals surface area (Å²) in [6.07, 6.45) is 4.99. The first kappa shape index (κ1) is 25.2. The number of aromatic nitrogens is 3. The molecule has 9 nitrogen and oxygen atoms in total. The minimum Gasteiger partial charge on any atom is -0.492 e. The maximum absolute atomic E-state index is 11.5. The van der Waals surface area contributed by atoms with Crippen LogP contribution >= 0.6 is 0 Å². The quantitative estimate of drug-likeness (QED) is 0.496. The van der Waals surface area contributed by atoms with Crippen molar-refractivity contribution in [2.24, 2.45) is 5.92 Å². The molecule has 9 heteroatoms. The molecule has 2 saturated heterocycles. The third kappa shape index (κ3) is 5.61. The highest BCUT2D eigenvalue weighted by Crippen LogP contribution is 2.34. The molecule has 0 unspecified atom stereocenters. The van der Waals surface area contributed by atoms with Crippen LogP contribution in [-0.4, -0.2) is 69.3 Å². The van der Waals surface area contributed by atoms with E-state index >= 15 is 0 Å². The van der Waals surface area contributed by atoms with E-state index in [-0.39, 0.29) is 5.91 Å². The highest BCUT2D eigenvalue weighted by molar-refractivity contribution is 5.92. The van der Waals surface area contributed by atoms with E-state index in [2.05, 4.69) is 46.2 Å². The van der Waals surface area contributed by atoms with Gasteiger partial charge in [0.25, 0.3) is 0 Å². The highest BCUT2D eigenvalue weighted by atomic mass is 16.5. The van der Waals surface area contributed by atoms with Crippen molar-refractivity contribution in [1.82, 2.24) is 19.9 Å². The Morgan fingerprint density at radius 2 is 1.92 bits per heavy atom. The summed E-state index contributed by atoms with van der Waals surface area (Å²) < 4.78 is 6.20. The van der Waals surface area contributed by atoms with Crippen LogP contribution < -0.4 is 15.0 Å². The fraction of sp³-hybridized carbons (Fsp3) is 0.500. The molecule has 37 heavy (non-hydrogen) atoms. The second-order valence-corrected chi connectivity index (χ2v) is 10.9. The molecule has 2 fully saturated rings. The summed E-state index contributed by atoms with van der Waals surface area (Å²) in [6, 6.07) is 8.04. The van der Waals surface area contributed by atoms with Crippen LogP contribution in [-0.2, 0) is 4.79 Å². The predicted octanol–water partition coefficient (Wildman–Crippen LogP) is 4.10. The Morgan fingerprint density at radius 1 is 1.16 bits per heavy atom. The van der Waals surface area contributed by atoms with E-state index in [1.165, 1.54) is 5.56 Å². The van der Waals surface area contributed by atoms with Gasteiger partial charge in [-0.05, 0) is 54.8 Å². The van der Waals surface area contributed by atoms with Gasteiger partial charge in [0.1, 0.15) is 17.4 Å². The first-order chi connectivity index (χ1) is 17.7. The van der Waals surface area contributed by atoms with Gasteiger partial charge in [-0.3, -0.25) is 4.79 Å². The standard InChI is InChI=1S/C28H36N6O3/c1-18(2)21-5-6-24(37-17-20-15-34(16-20)19(3)35)23-14-30-26(13-22(21)23)31-25-7-10-29-27(32-25)33-11-8-28(4,36)9-12-33/h5-7,10,13-14,18,20,36H,8-9,11-12,15-17H2,1-4H3,(H,29,30,31,32). The number of fused-ring (bicyclic) bond motifs is 1. The lowest BCUT2D eigenvalue weighted by molar-refractivity contribution is -0.135. The summed E-state index contributed by atoms with van der Waals surface area (Å²) in [4.78, 5) is 29.2. The number of hydrogen-bond donors (Lipinski definition) is 2. The number of ether oxygens (including phenoxy) is 1. The van der Waals surface area contributed by atoms with Gasteiger partial charge in [0.2, 0.25) is 11.9 Å². The number of carbonyl (C=O) groups excluding carboxylic acids is 1. The van der Waals surface area contributed by atoms with Crippen LogP contribution in [0.25, 0.3) is 10.8 Å². The van der Waals surface area contributed by atoms with Gasteiger partial charge in [0, 0.05) is 56.8 Å². The maximum atomic E-state index is 11.5. The van der Waals surface area contributed by atoms with Crippen molar-refractivity contribution >= 4 is 34.3 Å². The van der Waals surface area contributed by atoms with Gasteiger partial charge in [0.05, 0.1) is 12.2 Å². The number of rotatable bonds is 7. The molecule has 0 spiro atoms. The van der Waals surface area contributed by atoms with E-state index in [0.717, 1.165) is 42.7 Å². The molecule has 1 amide bonds. The lowest BCUT2D eigenvalue weighted by atomic mass is 9.94. The van der Waals surface area contributed by atoms with E-state index in [0.29, 0.717) is 48.9 Å². The van der Waals surface area contributed by atoms with E-state index in [9.17, 15) is 9.90 Å². The van der Waals surface area contributed by atoms with Crippen molar-refractivity contribution in [3.63, 3.8) is 0 Å². The summed E-state index contributed by atoms with van der Waals surface area (Å²) in [5.41, 5.74) is 0.605. The fourth-order valence-electron chi connectivity index (χ4n) is 4.96. The third-order valence-corrected chi connectivity index (χ3v) is 7.42. The molecule has 2 aliphatic heterocycles. The molecule has 2 aliphatic rings. The number of anilines is 3. The third-order valence-electron chi connectivity index (χ3n) is 7.42. The second kappa shape index (κ2) is 10.1. The smallest absolute Gasteiger partial charge is 0.227 e. The fourth-order valence-corrected chi connectivity index (χ4v) is 4.96. The topological polar surface area (TPSA) is 104 Å². The molecule has 0 saturated carbocycles. The minimum atomic E-state index is -0.620. The highest BCUT2D eigenvalue weighted by Gasteiger charge is 2.30. The summed E-state index contributed by atoms with van der Waals surface area (Å²) in [7, 11) is 0. The monoisotopic (exact) mass is 504 g/mol. The molecule has 0 aliphatic carbocycles. The van der Waals surface area contributed by atoms with Crippen LogP contribution in [0.2, 0.25) is 0 Å². The van der Waals surface area contributed by atoms with E-state index in [4.69, 9.17) is 9.72 Å². The number of carbonyl (C=O) groups is 1. The van der Waals surface area contributed by atoms with Crippen LogP contribution in [0.3, 0.4) is 0 Å². The van der Waals surface area contributed by atoms with Crippen molar-refractivity contribution in [2.75, 3.05) is 43.0 Å². The van der Waals surface area contributed by atoms with Gasteiger partial charge in [-0.15, -0.1) is 0 Å². The molecule has 196 valence electrons. The Hall–Kier alpha value is -3.46. The largest absolute Gasteiger partial charge is 0.492 e. The van der Waals surface area contributed by atoms with E-state index in [1.54, 1.807) is 13.1 Å². The number of hydrogen-bond acceptors (Lipinski definition) is 8. The predicted molar refractivity (Wildman–Crippen MR) is 144 cm³/mol. The molecule has 0 bridgehead atoms. The SMILES string of the molecule is CC(=O)N1CC(COc2ccc(C(C)C)c3cc(Nc4ccnc(N5CCC(C)(O)CC5)n4)ncc23)C1. The van der Waals surface area contributed by atoms with E-state index in [1.807, 2.05) is 30.2 Å². The molecular formula is C28H36N6O3. The number of aliphatic hydroxyl groups is 1. The van der Waals surface area contributed by atoms with Gasteiger partial charge >= 0.3 is 0 Å². The molecule has 0 atom stereocenters. The lowest BCUT2D eigenvalue weighted by Gasteiger charge is -2.38. The number of nitrogens with zero attached hydrogens (tertiary/aromatic N) is 5. The lowest BCUT2D eigenvalue weighted by Crippen LogP contribution is -2.51. The Balaban J connectivity index is 1.34. The molecular weight excluding hydrogens is 468 g/mol. The average molecular weight is 505 g/mol. The number of amides is 1. The number of nitrogens with one attached hydrogen (secondary N) is 1. The van der Waals surface area contributed by atoms with Crippen LogP contribution in [0, 0.1) is 5.92 Å². The molecule has 1 aromatic carbocycles. The zero-order valence-electron chi connectivity index (χ0n) is 22.1. The van der Waals surface area contributed by atoms with E-state index < -0.39 is 5.60 Å². The van der Waals surface area contributed by atoms with Gasteiger partial charge in [-0.25, -0.2) is 9.97 Å². The van der Waals surface area contributed by atoms with Crippen molar-refractivity contribution in [3.05, 3.63) is 42.2 Å². The Kier molecular flexibility index (Phi) is 6.90. The van der Waals surface area contributed by atoms with Crippen molar-refractivity contribution < 1.29 is 14.6 Å². The molecule has 5 rings (SSSR count). The summed E-state index contributed by atoms with van der Waals surface area (Å²) in [6.45, 7) is 11.4. The zero-order valence-corrected chi connectivity index (χ0v) is 22.1.